The van der Waals surface area contributed by atoms with E-state index in [9.17, 15) is 9.59 Å². The average molecular weight is 780 g/mol. The lowest BCUT2D eigenvalue weighted by atomic mass is 9.95. The number of allylic oxidation sites excluding steroid dienone is 1. The number of carbonyl (C=O) groups excluding carboxylic acids is 2. The molecule has 0 fully saturated rings. The van der Waals surface area contributed by atoms with E-state index in [0.717, 1.165) is 69.5 Å². The fourth-order valence-electron chi connectivity index (χ4n) is 4.32. The fraction of sp³-hybridized carbons (Fsp3) is 0.548. The van der Waals surface area contributed by atoms with E-state index in [1.54, 1.807) is 0 Å². The van der Waals surface area contributed by atoms with Gasteiger partial charge in [0.2, 0.25) is 0 Å². The van der Waals surface area contributed by atoms with Crippen LogP contribution in [0.15, 0.2) is 22.6 Å². The molecule has 0 aliphatic heterocycles. The smallest absolute Gasteiger partial charge is 0.196 e. The summed E-state index contributed by atoms with van der Waals surface area (Å²) in [5, 5.41) is 0.437. The highest BCUT2D eigenvalue weighted by Gasteiger charge is 2.27. The lowest BCUT2D eigenvalue weighted by molar-refractivity contribution is -0.111. The van der Waals surface area contributed by atoms with Crippen LogP contribution in [0.5, 0.6) is 5.75 Å². The van der Waals surface area contributed by atoms with Crippen molar-refractivity contribution >= 4 is 73.9 Å². The molecule has 216 valence electrons. The molecule has 0 amide bonds. The van der Waals surface area contributed by atoms with Crippen molar-refractivity contribution in [2.45, 2.75) is 85.3 Å². The molecular formula is C31H43I2NO4S. The van der Waals surface area contributed by atoms with Crippen LogP contribution in [0, 0.1) is 7.14 Å². The van der Waals surface area contributed by atoms with Gasteiger partial charge >= 0.3 is 0 Å². The van der Waals surface area contributed by atoms with Crippen LogP contribution in [-0.2, 0) is 17.6 Å². The minimum absolute atomic E-state index is 0.0390. The Hall–Kier alpha value is -0.850. The summed E-state index contributed by atoms with van der Waals surface area (Å²) in [4.78, 5) is 28.8. The number of aryl methyl sites for hydroxylation is 1. The van der Waals surface area contributed by atoms with Gasteiger partial charge in [0.15, 0.2) is 10.9 Å². The molecule has 0 saturated heterocycles. The van der Waals surface area contributed by atoms with Gasteiger partial charge in [-0.05, 0) is 102 Å². The maximum Gasteiger partial charge on any atom is 0.196 e. The molecule has 1 aliphatic carbocycles. The first-order valence-electron chi connectivity index (χ1n) is 14.2. The van der Waals surface area contributed by atoms with Crippen molar-refractivity contribution in [2.75, 3.05) is 26.2 Å². The summed E-state index contributed by atoms with van der Waals surface area (Å²) in [7, 11) is 0. The highest BCUT2D eigenvalue weighted by atomic mass is 127. The Morgan fingerprint density at radius 1 is 1.13 bits per heavy atom. The fourth-order valence-corrected chi connectivity index (χ4v) is 7.23. The molecule has 1 heterocycles. The molecule has 1 aromatic heterocycles. The van der Waals surface area contributed by atoms with E-state index in [1.807, 2.05) is 32.1 Å². The van der Waals surface area contributed by atoms with Crippen molar-refractivity contribution in [3.63, 3.8) is 0 Å². The van der Waals surface area contributed by atoms with E-state index in [0.29, 0.717) is 41.6 Å². The number of furan rings is 1. The second kappa shape index (κ2) is 17.9. The monoisotopic (exact) mass is 779 g/mol. The van der Waals surface area contributed by atoms with Crippen molar-refractivity contribution < 1.29 is 18.7 Å². The molecule has 8 heteroatoms. The SMILES string of the molecule is CC.CCC(C)SC(=O)CCc1oc2c(c1C(=O)c1cc(I)c(OCCN(CC)CC)c(I)c1)CCCC=C2. The van der Waals surface area contributed by atoms with Crippen molar-refractivity contribution in [2.24, 2.45) is 0 Å². The van der Waals surface area contributed by atoms with Gasteiger partial charge in [-0.2, -0.15) is 0 Å². The molecule has 2 aromatic rings. The van der Waals surface area contributed by atoms with Gasteiger partial charge in [0, 0.05) is 35.8 Å². The van der Waals surface area contributed by atoms with Crippen LogP contribution in [0.2, 0.25) is 0 Å². The molecular weight excluding hydrogens is 736 g/mol. The summed E-state index contributed by atoms with van der Waals surface area (Å²) in [6, 6.07) is 3.83. The number of carbonyl (C=O) groups is 2. The summed E-state index contributed by atoms with van der Waals surface area (Å²) in [6.07, 6.45) is 8.57. The number of benzene rings is 1. The van der Waals surface area contributed by atoms with Gasteiger partial charge in [0.05, 0.1) is 12.7 Å². The molecule has 1 aromatic carbocycles. The molecule has 1 atom stereocenters. The van der Waals surface area contributed by atoms with Crippen molar-refractivity contribution in [1.29, 1.82) is 0 Å². The van der Waals surface area contributed by atoms with Crippen LogP contribution in [0.4, 0.5) is 0 Å². The standard InChI is InChI=1S/C29H37I2NO4S.C2H6/c1-5-19(4)37-26(33)14-13-25-27(21-11-9-8-10-12-24(21)36-25)28(34)20-17-22(30)29(23(31)18-20)35-16-15-32(6-2)7-3;1-2/h10,12,17-19H,5-9,11,13-16H2,1-4H3;1-2H3. The maximum atomic E-state index is 13.9. The third-order valence-electron chi connectivity index (χ3n) is 6.68. The summed E-state index contributed by atoms with van der Waals surface area (Å²) in [5.74, 6) is 2.18. The zero-order valence-corrected chi connectivity index (χ0v) is 29.3. The van der Waals surface area contributed by atoms with Gasteiger partial charge in [-0.25, -0.2) is 0 Å². The zero-order valence-electron chi connectivity index (χ0n) is 24.2. The number of hydrogen-bond acceptors (Lipinski definition) is 6. The zero-order chi connectivity index (χ0) is 28.9. The Bertz CT molecular complexity index is 1100. The van der Waals surface area contributed by atoms with Gasteiger partial charge in [-0.15, -0.1) is 0 Å². The highest BCUT2D eigenvalue weighted by Crippen LogP contribution is 2.34. The predicted octanol–water partition coefficient (Wildman–Crippen LogP) is 8.81. The second-order valence-corrected chi connectivity index (χ2v) is 13.0. The minimum Gasteiger partial charge on any atom is -0.490 e. The quantitative estimate of drug-likeness (QED) is 0.150. The third-order valence-corrected chi connectivity index (χ3v) is 9.48. The first-order valence-corrected chi connectivity index (χ1v) is 17.2. The van der Waals surface area contributed by atoms with E-state index < -0.39 is 0 Å². The van der Waals surface area contributed by atoms with E-state index in [-0.39, 0.29) is 10.9 Å². The molecule has 3 rings (SSSR count). The van der Waals surface area contributed by atoms with Crippen LogP contribution >= 0.6 is 56.9 Å². The van der Waals surface area contributed by atoms with Gasteiger partial charge in [0.1, 0.15) is 23.9 Å². The van der Waals surface area contributed by atoms with Gasteiger partial charge in [-0.1, -0.05) is 59.4 Å². The van der Waals surface area contributed by atoms with Gasteiger partial charge in [-0.3, -0.25) is 9.59 Å². The first kappa shape index (κ1) is 34.4. The van der Waals surface area contributed by atoms with E-state index in [4.69, 9.17) is 9.15 Å². The topological polar surface area (TPSA) is 59.8 Å². The van der Waals surface area contributed by atoms with Crippen LogP contribution in [0.1, 0.15) is 100 Å². The van der Waals surface area contributed by atoms with Crippen molar-refractivity contribution in [1.82, 2.24) is 4.90 Å². The van der Waals surface area contributed by atoms with Crippen molar-refractivity contribution in [3.8, 4) is 5.75 Å². The molecule has 0 radical (unpaired) electrons. The summed E-state index contributed by atoms with van der Waals surface area (Å²) in [6.45, 7) is 15.9. The number of nitrogens with zero attached hydrogens (tertiary/aromatic N) is 1. The number of ether oxygens (including phenoxy) is 1. The van der Waals surface area contributed by atoms with E-state index >= 15 is 0 Å². The average Bonchev–Trinajstić information content (AvgIpc) is 3.12. The first-order chi connectivity index (χ1) is 18.8. The summed E-state index contributed by atoms with van der Waals surface area (Å²) < 4.78 is 14.2. The van der Waals surface area contributed by atoms with Crippen molar-refractivity contribution in [3.05, 3.63) is 53.6 Å². The molecule has 0 N–H and O–H groups in total. The summed E-state index contributed by atoms with van der Waals surface area (Å²) >= 11 is 5.90. The van der Waals surface area contributed by atoms with Crippen LogP contribution in [0.25, 0.3) is 6.08 Å². The predicted molar refractivity (Wildman–Crippen MR) is 181 cm³/mol. The lowest BCUT2D eigenvalue weighted by Gasteiger charge is -2.19. The van der Waals surface area contributed by atoms with Crippen LogP contribution < -0.4 is 4.74 Å². The second-order valence-electron chi connectivity index (χ2n) is 9.22. The van der Waals surface area contributed by atoms with Gasteiger partial charge < -0.3 is 14.1 Å². The largest absolute Gasteiger partial charge is 0.490 e. The van der Waals surface area contributed by atoms with Crippen LogP contribution in [-0.4, -0.2) is 47.3 Å². The molecule has 5 nitrogen and oxygen atoms in total. The lowest BCUT2D eigenvalue weighted by Crippen LogP contribution is -2.28. The maximum absolute atomic E-state index is 13.9. The van der Waals surface area contributed by atoms with E-state index in [1.165, 1.54) is 11.8 Å². The molecule has 1 aliphatic rings. The Labute approximate surface area is 266 Å². The Balaban J connectivity index is 0.00000260. The summed E-state index contributed by atoms with van der Waals surface area (Å²) in [5.41, 5.74) is 2.24. The third kappa shape index (κ3) is 9.88. The number of ketones is 1. The molecule has 39 heavy (non-hydrogen) atoms. The molecule has 0 bridgehead atoms. The number of thioether (sulfide) groups is 1. The number of likely N-dealkylation sites (N-methyl/N-ethyl adjacent to an activating group) is 1. The molecule has 1 unspecified atom stereocenters. The number of halogens is 2. The highest BCUT2D eigenvalue weighted by molar-refractivity contribution is 14.1. The Kier molecular flexibility index (Phi) is 15.7. The molecule has 0 spiro atoms. The van der Waals surface area contributed by atoms with E-state index in [2.05, 4.69) is 83.9 Å². The number of fused-ring (bicyclic) bond motifs is 1. The Morgan fingerprint density at radius 3 is 2.41 bits per heavy atom. The van der Waals surface area contributed by atoms with Gasteiger partial charge in [0.25, 0.3) is 0 Å². The number of hydrogen-bond donors (Lipinski definition) is 0. The number of rotatable bonds is 13. The normalized spacial score (nSPS) is 13.4. The van der Waals surface area contributed by atoms with Crippen LogP contribution in [0.3, 0.4) is 0 Å². The molecule has 0 saturated carbocycles. The Morgan fingerprint density at radius 2 is 1.79 bits per heavy atom. The minimum atomic E-state index is -0.0390.